The predicted molar refractivity (Wildman–Crippen MR) is 68.1 cm³/mol. The van der Waals surface area contributed by atoms with Crippen LogP contribution in [-0.2, 0) is 27.2 Å². The molecule has 0 bridgehead atoms. The second kappa shape index (κ2) is 8.60. The molecule has 0 aliphatic carbocycles. The van der Waals surface area contributed by atoms with Gasteiger partial charge in [-0.3, -0.25) is 0 Å². The van der Waals surface area contributed by atoms with Crippen LogP contribution < -0.4 is 0 Å². The minimum absolute atomic E-state index is 0.293. The van der Waals surface area contributed by atoms with Crippen LogP contribution in [0.1, 0.15) is 29.5 Å². The van der Waals surface area contributed by atoms with Gasteiger partial charge in [-0.2, -0.15) is 0 Å². The van der Waals surface area contributed by atoms with Crippen LogP contribution in [0.25, 0.3) is 0 Å². The average molecular weight is 271 g/mol. The lowest BCUT2D eigenvalue weighted by molar-refractivity contribution is 0.0591. The zero-order chi connectivity index (χ0) is 14.1. The minimum Gasteiger partial charge on any atom is -0.464 e. The summed E-state index contributed by atoms with van der Waals surface area (Å²) in [6, 6.07) is 0. The van der Waals surface area contributed by atoms with Gasteiger partial charge in [0.1, 0.15) is 0 Å². The molecule has 1 rings (SSSR count). The topological polar surface area (TPSA) is 75.5 Å². The first-order valence-corrected chi connectivity index (χ1v) is 6.31. The molecule has 0 unspecified atom stereocenters. The van der Waals surface area contributed by atoms with E-state index in [1.165, 1.54) is 7.11 Å². The van der Waals surface area contributed by atoms with Crippen molar-refractivity contribution in [1.29, 1.82) is 0 Å². The Morgan fingerprint density at radius 3 is 2.68 bits per heavy atom. The molecule has 0 aliphatic rings. The van der Waals surface area contributed by atoms with Crippen LogP contribution in [0.15, 0.2) is 0 Å². The van der Waals surface area contributed by atoms with Crippen LogP contribution in [0.4, 0.5) is 0 Å². The molecule has 0 fully saturated rings. The predicted octanol–water partition coefficient (Wildman–Crippen LogP) is 0.680. The molecule has 0 saturated carbocycles. The van der Waals surface area contributed by atoms with E-state index in [-0.39, 0.29) is 0 Å². The number of aromatic nitrogens is 3. The number of rotatable bonds is 9. The van der Waals surface area contributed by atoms with Crippen LogP contribution >= 0.6 is 0 Å². The second-order valence-electron chi connectivity index (χ2n) is 3.95. The Hall–Kier alpha value is -1.47. The Kier molecular flexibility index (Phi) is 7.06. The maximum atomic E-state index is 11.6. The van der Waals surface area contributed by atoms with Crippen molar-refractivity contribution in [2.45, 2.75) is 26.3 Å². The highest BCUT2D eigenvalue weighted by Crippen LogP contribution is 2.09. The van der Waals surface area contributed by atoms with Crippen molar-refractivity contribution in [3.63, 3.8) is 0 Å². The van der Waals surface area contributed by atoms with Crippen LogP contribution in [0, 0.1) is 0 Å². The van der Waals surface area contributed by atoms with Gasteiger partial charge in [-0.05, 0) is 6.42 Å². The fraction of sp³-hybridized carbons (Fsp3) is 0.750. The lowest BCUT2D eigenvalue weighted by Crippen LogP contribution is -2.14. The van der Waals surface area contributed by atoms with Crippen molar-refractivity contribution in [2.75, 3.05) is 34.0 Å². The van der Waals surface area contributed by atoms with Gasteiger partial charge in [-0.25, -0.2) is 9.48 Å². The fourth-order valence-corrected chi connectivity index (χ4v) is 1.65. The summed E-state index contributed by atoms with van der Waals surface area (Å²) in [5.74, 6) is -0.449. The van der Waals surface area contributed by atoms with Crippen LogP contribution in [-0.4, -0.2) is 55.0 Å². The molecule has 1 heterocycles. The SMILES string of the molecule is CCCc1c(C(=O)OC)nnn1CCOCCOC. The maximum absolute atomic E-state index is 11.6. The summed E-state index contributed by atoms with van der Waals surface area (Å²) in [5.41, 5.74) is 1.09. The highest BCUT2D eigenvalue weighted by molar-refractivity contribution is 5.88. The minimum atomic E-state index is -0.449. The van der Waals surface area contributed by atoms with E-state index in [0.717, 1.165) is 18.5 Å². The number of carbonyl (C=O) groups is 1. The quantitative estimate of drug-likeness (QED) is 0.485. The largest absolute Gasteiger partial charge is 0.464 e. The van der Waals surface area contributed by atoms with Gasteiger partial charge in [0.25, 0.3) is 0 Å². The average Bonchev–Trinajstić information content (AvgIpc) is 2.81. The van der Waals surface area contributed by atoms with Crippen LogP contribution in [0.2, 0.25) is 0 Å². The van der Waals surface area contributed by atoms with Crippen molar-refractivity contribution in [1.82, 2.24) is 15.0 Å². The Bertz CT molecular complexity index is 392. The van der Waals surface area contributed by atoms with E-state index in [1.807, 2.05) is 6.92 Å². The summed E-state index contributed by atoms with van der Waals surface area (Å²) >= 11 is 0. The van der Waals surface area contributed by atoms with Crippen molar-refractivity contribution >= 4 is 5.97 Å². The van der Waals surface area contributed by atoms with Crippen LogP contribution in [0.5, 0.6) is 0 Å². The van der Waals surface area contributed by atoms with E-state index in [9.17, 15) is 4.79 Å². The lowest BCUT2D eigenvalue weighted by atomic mass is 10.2. The van der Waals surface area contributed by atoms with Crippen molar-refractivity contribution < 1.29 is 19.0 Å². The Morgan fingerprint density at radius 2 is 2.05 bits per heavy atom. The van der Waals surface area contributed by atoms with E-state index in [1.54, 1.807) is 11.8 Å². The zero-order valence-corrected chi connectivity index (χ0v) is 11.7. The van der Waals surface area contributed by atoms with Gasteiger partial charge in [0, 0.05) is 7.11 Å². The van der Waals surface area contributed by atoms with Crippen molar-refractivity contribution in [2.24, 2.45) is 0 Å². The fourth-order valence-electron chi connectivity index (χ4n) is 1.65. The summed E-state index contributed by atoms with van der Waals surface area (Å²) < 4.78 is 16.7. The molecular formula is C12H21N3O4. The normalized spacial score (nSPS) is 10.7. The zero-order valence-electron chi connectivity index (χ0n) is 11.7. The first-order valence-electron chi connectivity index (χ1n) is 6.31. The number of hydrogen-bond donors (Lipinski definition) is 0. The smallest absolute Gasteiger partial charge is 0.360 e. The van der Waals surface area contributed by atoms with Crippen LogP contribution in [0.3, 0.4) is 0 Å². The van der Waals surface area contributed by atoms with E-state index >= 15 is 0 Å². The second-order valence-corrected chi connectivity index (χ2v) is 3.95. The number of hydrogen-bond acceptors (Lipinski definition) is 6. The highest BCUT2D eigenvalue weighted by Gasteiger charge is 2.19. The van der Waals surface area contributed by atoms with E-state index in [2.05, 4.69) is 10.3 Å². The molecule has 0 amide bonds. The molecule has 7 heteroatoms. The third-order valence-corrected chi connectivity index (χ3v) is 2.58. The molecular weight excluding hydrogens is 250 g/mol. The molecule has 19 heavy (non-hydrogen) atoms. The molecule has 0 spiro atoms. The summed E-state index contributed by atoms with van der Waals surface area (Å²) in [6.45, 7) is 4.20. The maximum Gasteiger partial charge on any atom is 0.360 e. The number of methoxy groups -OCH3 is 2. The highest BCUT2D eigenvalue weighted by atomic mass is 16.5. The summed E-state index contributed by atoms with van der Waals surface area (Å²) in [7, 11) is 2.97. The molecule has 0 saturated heterocycles. The van der Waals surface area contributed by atoms with E-state index < -0.39 is 5.97 Å². The standard InChI is InChI=1S/C12H21N3O4/c1-4-5-10-11(12(16)18-3)13-14-15(10)6-7-19-9-8-17-2/h4-9H2,1-3H3. The van der Waals surface area contributed by atoms with Gasteiger partial charge >= 0.3 is 5.97 Å². The molecule has 1 aromatic heterocycles. The number of carbonyl (C=O) groups excluding carboxylic acids is 1. The molecule has 1 aromatic rings. The summed E-state index contributed by atoms with van der Waals surface area (Å²) in [4.78, 5) is 11.6. The van der Waals surface area contributed by atoms with E-state index in [4.69, 9.17) is 14.2 Å². The Morgan fingerprint density at radius 1 is 1.26 bits per heavy atom. The van der Waals surface area contributed by atoms with Gasteiger partial charge in [0.2, 0.25) is 0 Å². The monoisotopic (exact) mass is 271 g/mol. The Balaban J connectivity index is 2.61. The molecule has 0 N–H and O–H groups in total. The number of esters is 1. The molecule has 108 valence electrons. The van der Waals surface area contributed by atoms with Gasteiger partial charge in [-0.1, -0.05) is 18.6 Å². The van der Waals surface area contributed by atoms with Gasteiger partial charge in [0.05, 0.1) is 39.2 Å². The first kappa shape index (κ1) is 15.6. The van der Waals surface area contributed by atoms with Gasteiger partial charge in [-0.15, -0.1) is 5.10 Å². The first-order chi connectivity index (χ1) is 9.24. The van der Waals surface area contributed by atoms with Gasteiger partial charge < -0.3 is 14.2 Å². The third-order valence-electron chi connectivity index (χ3n) is 2.58. The molecule has 0 aliphatic heterocycles. The molecule has 0 atom stereocenters. The summed E-state index contributed by atoms with van der Waals surface area (Å²) in [5, 5.41) is 7.85. The Labute approximate surface area is 112 Å². The molecule has 0 aromatic carbocycles. The lowest BCUT2D eigenvalue weighted by Gasteiger charge is -2.07. The number of nitrogens with zero attached hydrogens (tertiary/aromatic N) is 3. The number of ether oxygens (including phenoxy) is 3. The van der Waals surface area contributed by atoms with Crippen molar-refractivity contribution in [3.8, 4) is 0 Å². The third kappa shape index (κ3) is 4.60. The van der Waals surface area contributed by atoms with Crippen molar-refractivity contribution in [3.05, 3.63) is 11.4 Å². The summed E-state index contributed by atoms with van der Waals surface area (Å²) in [6.07, 6.45) is 1.64. The molecule has 0 radical (unpaired) electrons. The molecule has 7 nitrogen and oxygen atoms in total. The van der Waals surface area contributed by atoms with E-state index in [0.29, 0.717) is 32.1 Å². The van der Waals surface area contributed by atoms with Gasteiger partial charge in [0.15, 0.2) is 5.69 Å².